The Bertz CT molecular complexity index is 529. The van der Waals surface area contributed by atoms with Crippen LogP contribution in [-0.4, -0.2) is 15.6 Å². The average molecular weight is 262 g/mol. The normalized spacial score (nSPS) is 11.6. The first-order chi connectivity index (χ1) is 8.48. The second-order valence-electron chi connectivity index (χ2n) is 5.23. The van der Waals surface area contributed by atoms with Crippen LogP contribution in [0.1, 0.15) is 25.8 Å². The van der Waals surface area contributed by atoms with Gasteiger partial charge in [-0.25, -0.2) is 4.98 Å². The number of hydrogen-bond donors (Lipinski definition) is 2. The maximum atomic E-state index is 9.04. The van der Waals surface area contributed by atoms with Gasteiger partial charge in [-0.3, -0.25) is 0 Å². The summed E-state index contributed by atoms with van der Waals surface area (Å²) < 4.78 is 0. The van der Waals surface area contributed by atoms with Crippen molar-refractivity contribution in [2.24, 2.45) is 0 Å². The van der Waals surface area contributed by atoms with Crippen molar-refractivity contribution < 1.29 is 5.11 Å². The molecule has 4 heteroatoms. The first kappa shape index (κ1) is 13.1. The predicted octanol–water partition coefficient (Wildman–Crippen LogP) is 3.51. The van der Waals surface area contributed by atoms with E-state index in [0.717, 1.165) is 21.1 Å². The van der Waals surface area contributed by atoms with Gasteiger partial charge in [0.1, 0.15) is 5.01 Å². The van der Waals surface area contributed by atoms with Gasteiger partial charge in [-0.1, -0.05) is 12.1 Å². The van der Waals surface area contributed by atoms with Crippen molar-refractivity contribution in [3.8, 4) is 10.4 Å². The fourth-order valence-electron chi connectivity index (χ4n) is 1.70. The maximum Gasteiger partial charge on any atom is 0.119 e. The topological polar surface area (TPSA) is 45.2 Å². The highest BCUT2D eigenvalue weighted by Crippen LogP contribution is 2.28. The van der Waals surface area contributed by atoms with Gasteiger partial charge in [0.25, 0.3) is 0 Å². The van der Waals surface area contributed by atoms with Crippen LogP contribution in [0.15, 0.2) is 30.5 Å². The minimum Gasteiger partial charge on any atom is -0.389 e. The Morgan fingerprint density at radius 1 is 1.33 bits per heavy atom. The number of thiazole rings is 1. The highest BCUT2D eigenvalue weighted by atomic mass is 32.1. The molecule has 0 aliphatic rings. The fourth-order valence-corrected chi connectivity index (χ4v) is 2.47. The van der Waals surface area contributed by atoms with Crippen LogP contribution >= 0.6 is 11.3 Å². The van der Waals surface area contributed by atoms with Crippen molar-refractivity contribution in [1.82, 2.24) is 4.98 Å². The molecule has 1 aromatic carbocycles. The zero-order valence-electron chi connectivity index (χ0n) is 10.9. The van der Waals surface area contributed by atoms with Gasteiger partial charge in [0.15, 0.2) is 0 Å². The first-order valence-corrected chi connectivity index (χ1v) is 6.74. The number of aromatic nitrogens is 1. The molecule has 0 spiro atoms. The van der Waals surface area contributed by atoms with Crippen LogP contribution < -0.4 is 5.32 Å². The zero-order valence-corrected chi connectivity index (χ0v) is 11.7. The molecule has 0 atom stereocenters. The summed E-state index contributed by atoms with van der Waals surface area (Å²) in [6.45, 7) is 6.41. The molecule has 0 saturated heterocycles. The Labute approximate surface area is 112 Å². The minimum absolute atomic E-state index is 0.00456. The summed E-state index contributed by atoms with van der Waals surface area (Å²) >= 11 is 1.52. The van der Waals surface area contributed by atoms with Crippen LogP contribution in [-0.2, 0) is 6.61 Å². The average Bonchev–Trinajstić information content (AvgIpc) is 2.75. The molecule has 0 unspecified atom stereocenters. The lowest BCUT2D eigenvalue weighted by atomic mass is 10.1. The number of benzene rings is 1. The number of aliphatic hydroxyl groups is 1. The summed E-state index contributed by atoms with van der Waals surface area (Å²) in [5.74, 6) is 0. The summed E-state index contributed by atoms with van der Waals surface area (Å²) in [6, 6.07) is 8.26. The van der Waals surface area contributed by atoms with Crippen molar-refractivity contribution in [2.75, 3.05) is 5.32 Å². The predicted molar refractivity (Wildman–Crippen MR) is 76.8 cm³/mol. The minimum atomic E-state index is 0.00456. The SMILES string of the molecule is CC(C)(C)Nc1cccc(-c2cnc(CO)s2)c1. The highest BCUT2D eigenvalue weighted by molar-refractivity contribution is 7.15. The number of nitrogens with zero attached hydrogens (tertiary/aromatic N) is 1. The van der Waals surface area contributed by atoms with Crippen molar-refractivity contribution in [3.63, 3.8) is 0 Å². The summed E-state index contributed by atoms with van der Waals surface area (Å²) in [6.07, 6.45) is 1.81. The van der Waals surface area contributed by atoms with E-state index in [1.165, 1.54) is 11.3 Å². The van der Waals surface area contributed by atoms with Crippen molar-refractivity contribution in [2.45, 2.75) is 32.9 Å². The van der Waals surface area contributed by atoms with Gasteiger partial charge in [-0.05, 0) is 38.5 Å². The van der Waals surface area contributed by atoms with E-state index >= 15 is 0 Å². The molecule has 18 heavy (non-hydrogen) atoms. The smallest absolute Gasteiger partial charge is 0.119 e. The first-order valence-electron chi connectivity index (χ1n) is 5.92. The van der Waals surface area contributed by atoms with Gasteiger partial charge in [0.05, 0.1) is 11.5 Å². The summed E-state index contributed by atoms with van der Waals surface area (Å²) in [5, 5.41) is 13.2. The van der Waals surface area contributed by atoms with Gasteiger partial charge >= 0.3 is 0 Å². The largest absolute Gasteiger partial charge is 0.389 e. The third-order valence-corrected chi connectivity index (χ3v) is 3.39. The second-order valence-corrected chi connectivity index (χ2v) is 6.35. The van der Waals surface area contributed by atoms with Crippen LogP contribution in [0.5, 0.6) is 0 Å². The standard InChI is InChI=1S/C14H18N2OS/c1-14(2,3)16-11-6-4-5-10(7-11)12-8-15-13(9-17)18-12/h4-8,16-17H,9H2,1-3H3. The maximum absolute atomic E-state index is 9.04. The molecule has 0 aliphatic heterocycles. The molecule has 0 radical (unpaired) electrons. The molecular weight excluding hydrogens is 244 g/mol. The molecule has 0 bridgehead atoms. The van der Waals surface area contributed by atoms with E-state index in [1.807, 2.05) is 12.3 Å². The molecule has 2 aromatic rings. The van der Waals surface area contributed by atoms with Crippen molar-refractivity contribution >= 4 is 17.0 Å². The van der Waals surface area contributed by atoms with Gasteiger partial charge in [0.2, 0.25) is 0 Å². The lowest BCUT2D eigenvalue weighted by Crippen LogP contribution is -2.25. The van der Waals surface area contributed by atoms with E-state index in [-0.39, 0.29) is 12.1 Å². The second kappa shape index (κ2) is 5.08. The molecule has 0 fully saturated rings. The molecule has 2 rings (SSSR count). The van der Waals surface area contributed by atoms with Gasteiger partial charge in [-0.2, -0.15) is 0 Å². The quantitative estimate of drug-likeness (QED) is 0.889. The number of anilines is 1. The summed E-state index contributed by atoms with van der Waals surface area (Å²) in [4.78, 5) is 5.24. The van der Waals surface area contributed by atoms with E-state index in [0.29, 0.717) is 0 Å². The van der Waals surface area contributed by atoms with Gasteiger partial charge in [-0.15, -0.1) is 11.3 Å². The molecule has 0 amide bonds. The van der Waals surface area contributed by atoms with Gasteiger partial charge in [0, 0.05) is 17.4 Å². The van der Waals surface area contributed by atoms with Crippen LogP contribution in [0.25, 0.3) is 10.4 Å². The van der Waals surface area contributed by atoms with E-state index in [1.54, 1.807) is 0 Å². The van der Waals surface area contributed by atoms with Crippen LogP contribution in [0.2, 0.25) is 0 Å². The molecule has 96 valence electrons. The third kappa shape index (κ3) is 3.31. The lowest BCUT2D eigenvalue weighted by Gasteiger charge is -2.22. The van der Waals surface area contributed by atoms with E-state index in [9.17, 15) is 0 Å². The molecule has 3 nitrogen and oxygen atoms in total. The third-order valence-electron chi connectivity index (χ3n) is 2.36. The van der Waals surface area contributed by atoms with E-state index in [2.05, 4.69) is 49.3 Å². The Morgan fingerprint density at radius 2 is 2.11 bits per heavy atom. The molecule has 0 aliphatic carbocycles. The Hall–Kier alpha value is -1.39. The zero-order chi connectivity index (χ0) is 13.2. The number of rotatable bonds is 3. The van der Waals surface area contributed by atoms with Crippen molar-refractivity contribution in [3.05, 3.63) is 35.5 Å². The van der Waals surface area contributed by atoms with Crippen LogP contribution in [0, 0.1) is 0 Å². The van der Waals surface area contributed by atoms with E-state index in [4.69, 9.17) is 5.11 Å². The summed E-state index contributed by atoms with van der Waals surface area (Å²) in [7, 11) is 0. The van der Waals surface area contributed by atoms with Crippen LogP contribution in [0.3, 0.4) is 0 Å². The van der Waals surface area contributed by atoms with Gasteiger partial charge < -0.3 is 10.4 Å². The number of nitrogens with one attached hydrogen (secondary N) is 1. The molecular formula is C14H18N2OS. The molecule has 0 saturated carbocycles. The fraction of sp³-hybridized carbons (Fsp3) is 0.357. The molecule has 2 N–H and O–H groups in total. The number of aliphatic hydroxyl groups excluding tert-OH is 1. The lowest BCUT2D eigenvalue weighted by molar-refractivity contribution is 0.281. The Balaban J connectivity index is 2.26. The Kier molecular flexibility index (Phi) is 3.68. The highest BCUT2D eigenvalue weighted by Gasteiger charge is 2.10. The van der Waals surface area contributed by atoms with Crippen LogP contribution in [0.4, 0.5) is 5.69 Å². The van der Waals surface area contributed by atoms with E-state index < -0.39 is 0 Å². The Morgan fingerprint density at radius 3 is 2.72 bits per heavy atom. The van der Waals surface area contributed by atoms with Crippen molar-refractivity contribution in [1.29, 1.82) is 0 Å². The molecule has 1 heterocycles. The summed E-state index contributed by atoms with van der Waals surface area (Å²) in [5.41, 5.74) is 2.27. The number of hydrogen-bond acceptors (Lipinski definition) is 4. The monoisotopic (exact) mass is 262 g/mol. The molecule has 1 aromatic heterocycles.